The lowest BCUT2D eigenvalue weighted by Crippen LogP contribution is -2.10. The summed E-state index contributed by atoms with van der Waals surface area (Å²) in [6.45, 7) is 7.01. The lowest BCUT2D eigenvalue weighted by atomic mass is 9.95. The van der Waals surface area contributed by atoms with Gasteiger partial charge in [0, 0.05) is 60.4 Å². The molecule has 0 fully saturated rings. The van der Waals surface area contributed by atoms with Crippen molar-refractivity contribution in [3.05, 3.63) is 169 Å². The van der Waals surface area contributed by atoms with Crippen molar-refractivity contribution in [1.82, 2.24) is 4.57 Å². The molecule has 0 aliphatic carbocycles. The Bertz CT molecular complexity index is 3030. The number of fused-ring (bicyclic) bond motifs is 11. The number of nitrogens with zero attached hydrogens (tertiary/aromatic N) is 3. The van der Waals surface area contributed by atoms with Crippen molar-refractivity contribution in [2.24, 2.45) is 15.9 Å². The van der Waals surface area contributed by atoms with E-state index in [4.69, 9.17) is 22.3 Å². The number of nitrogens with two attached hydrogens (primary N) is 1. The first-order valence-corrected chi connectivity index (χ1v) is 18.5. The Morgan fingerprint density at radius 3 is 2.29 bits per heavy atom. The number of thiophene rings is 1. The van der Waals surface area contributed by atoms with Crippen molar-refractivity contribution in [2.75, 3.05) is 5.73 Å². The summed E-state index contributed by atoms with van der Waals surface area (Å²) in [7, 11) is 0. The third-order valence-electron chi connectivity index (χ3n) is 10.5. The molecule has 10 rings (SSSR count). The number of allylic oxidation sites excluding steroid dienone is 1. The Kier molecular flexibility index (Phi) is 6.98. The van der Waals surface area contributed by atoms with Gasteiger partial charge in [0.25, 0.3) is 0 Å². The first-order chi connectivity index (χ1) is 25.5. The van der Waals surface area contributed by atoms with Gasteiger partial charge in [0.1, 0.15) is 5.82 Å². The topological polar surface area (TPSA) is 55.7 Å². The van der Waals surface area contributed by atoms with Crippen LogP contribution in [0.2, 0.25) is 0 Å². The highest BCUT2D eigenvalue weighted by atomic mass is 32.1. The van der Waals surface area contributed by atoms with Crippen LogP contribution in [-0.2, 0) is 0 Å². The molecule has 0 bridgehead atoms. The molecule has 0 saturated carbocycles. The normalized spacial score (nSPS) is 15.1. The fourth-order valence-corrected chi connectivity index (χ4v) is 9.34. The van der Waals surface area contributed by atoms with Crippen LogP contribution >= 0.6 is 11.3 Å². The van der Waals surface area contributed by atoms with Crippen molar-refractivity contribution >= 4 is 97.8 Å². The van der Waals surface area contributed by atoms with E-state index in [0.29, 0.717) is 17.4 Å². The van der Waals surface area contributed by atoms with Gasteiger partial charge < -0.3 is 5.73 Å². The second kappa shape index (κ2) is 11.9. The fraction of sp³-hybridized carbons (Fsp3) is 0.0638. The highest BCUT2D eigenvalue weighted by Gasteiger charge is 2.24. The summed E-state index contributed by atoms with van der Waals surface area (Å²) >= 11 is 1.84. The molecule has 52 heavy (non-hydrogen) atoms. The Labute approximate surface area is 305 Å². The van der Waals surface area contributed by atoms with Gasteiger partial charge in [0.2, 0.25) is 0 Å². The van der Waals surface area contributed by atoms with E-state index in [2.05, 4.69) is 121 Å². The third kappa shape index (κ3) is 4.66. The van der Waals surface area contributed by atoms with Gasteiger partial charge in [0.15, 0.2) is 0 Å². The van der Waals surface area contributed by atoms with Gasteiger partial charge in [-0.15, -0.1) is 11.3 Å². The molecule has 3 heterocycles. The van der Waals surface area contributed by atoms with Gasteiger partial charge in [-0.25, -0.2) is 4.99 Å². The number of hydrogen-bond acceptors (Lipinski definition) is 4. The molecular weight excluding hydrogens is 653 g/mol. The van der Waals surface area contributed by atoms with Gasteiger partial charge >= 0.3 is 0 Å². The molecule has 0 amide bonds. The Morgan fingerprint density at radius 2 is 1.48 bits per heavy atom. The van der Waals surface area contributed by atoms with Crippen molar-refractivity contribution in [1.29, 1.82) is 0 Å². The van der Waals surface area contributed by atoms with Gasteiger partial charge in [-0.1, -0.05) is 141 Å². The molecule has 0 saturated heterocycles. The zero-order valence-electron chi connectivity index (χ0n) is 28.7. The molecular formula is C47H34N4S. The Morgan fingerprint density at radius 1 is 0.769 bits per heavy atom. The van der Waals surface area contributed by atoms with Crippen LogP contribution in [0.4, 0.5) is 5.69 Å². The summed E-state index contributed by atoms with van der Waals surface area (Å²) in [5.74, 6) is 1.05. The molecule has 1 aliphatic rings. The van der Waals surface area contributed by atoms with E-state index in [9.17, 15) is 0 Å². The molecule has 5 heteroatoms. The largest absolute Gasteiger partial charge is 0.398 e. The molecule has 0 spiro atoms. The number of aromatic nitrogens is 1. The van der Waals surface area contributed by atoms with Gasteiger partial charge in [-0.2, -0.15) is 0 Å². The van der Waals surface area contributed by atoms with Crippen molar-refractivity contribution in [3.63, 3.8) is 0 Å². The predicted octanol–water partition coefficient (Wildman–Crippen LogP) is 12.4. The average Bonchev–Trinajstić information content (AvgIpc) is 3.74. The summed E-state index contributed by atoms with van der Waals surface area (Å²) in [5.41, 5.74) is 14.7. The van der Waals surface area contributed by atoms with E-state index in [1.165, 1.54) is 36.3 Å². The van der Waals surface area contributed by atoms with E-state index >= 15 is 0 Å². The van der Waals surface area contributed by atoms with E-state index in [1.54, 1.807) is 0 Å². The van der Waals surface area contributed by atoms with Crippen molar-refractivity contribution < 1.29 is 0 Å². The fourth-order valence-electron chi connectivity index (χ4n) is 8.08. The first-order valence-electron chi connectivity index (χ1n) is 17.7. The monoisotopic (exact) mass is 686 g/mol. The predicted molar refractivity (Wildman–Crippen MR) is 225 cm³/mol. The highest BCUT2D eigenvalue weighted by molar-refractivity contribution is 7.27. The van der Waals surface area contributed by atoms with Crippen LogP contribution in [0.3, 0.4) is 0 Å². The SMILES string of the molecule is C=C(N=C(c1ccccc1)c1ccc2ccccc2c1N)n1c2cc(C3=NC=CC(C)C3)ccc2c2c3ccccc3c3c4ccccc4sc3c21. The lowest BCUT2D eigenvalue weighted by Gasteiger charge is -2.16. The second-order valence-corrected chi connectivity index (χ2v) is 14.8. The standard InChI is InChI=1S/C47H34N4S/c1-28-24-25-49-39(26-28)32-21-22-36-40(27-32)51(46-42(36)34-16-8-9-17-35(34)43-37-18-10-11-19-41(37)52-47(43)46)29(2)50-45(31-13-4-3-5-14-31)38-23-20-30-12-6-7-15-33(30)44(38)48/h3-25,27-28H,2,26,48H2,1H3. The van der Waals surface area contributed by atoms with Crippen molar-refractivity contribution in [3.8, 4) is 0 Å². The maximum Gasteiger partial charge on any atom is 0.131 e. The lowest BCUT2D eigenvalue weighted by molar-refractivity contribution is 0.756. The minimum atomic E-state index is 0.427. The van der Waals surface area contributed by atoms with Crippen LogP contribution in [0, 0.1) is 5.92 Å². The van der Waals surface area contributed by atoms with E-state index in [0.717, 1.165) is 61.7 Å². The molecule has 9 aromatic rings. The summed E-state index contributed by atoms with van der Waals surface area (Å²) in [4.78, 5) is 10.3. The van der Waals surface area contributed by atoms with Crippen LogP contribution in [-0.4, -0.2) is 16.0 Å². The number of nitrogen functional groups attached to an aromatic ring is 1. The molecule has 1 atom stereocenters. The molecule has 1 unspecified atom stereocenters. The van der Waals surface area contributed by atoms with E-state index < -0.39 is 0 Å². The summed E-state index contributed by atoms with van der Waals surface area (Å²) in [5, 5.41) is 9.47. The number of benzene rings is 7. The number of hydrogen-bond donors (Lipinski definition) is 1. The zero-order valence-corrected chi connectivity index (χ0v) is 29.5. The zero-order chi connectivity index (χ0) is 34.9. The van der Waals surface area contributed by atoms with Crippen molar-refractivity contribution in [2.45, 2.75) is 13.3 Å². The van der Waals surface area contributed by atoms with E-state index in [1.807, 2.05) is 47.9 Å². The van der Waals surface area contributed by atoms with Gasteiger partial charge in [0.05, 0.1) is 21.4 Å². The van der Waals surface area contributed by atoms with Crippen LogP contribution in [0.15, 0.2) is 162 Å². The third-order valence-corrected chi connectivity index (χ3v) is 11.7. The summed E-state index contributed by atoms with van der Waals surface area (Å²) in [6, 6.07) is 47.1. The smallest absolute Gasteiger partial charge is 0.131 e. The maximum atomic E-state index is 6.99. The average molecular weight is 687 g/mol. The molecule has 2 aromatic heterocycles. The maximum absolute atomic E-state index is 6.99. The quantitative estimate of drug-likeness (QED) is 0.142. The molecule has 1 aliphatic heterocycles. The highest BCUT2D eigenvalue weighted by Crippen LogP contribution is 2.48. The summed E-state index contributed by atoms with van der Waals surface area (Å²) < 4.78 is 4.77. The Hall–Kier alpha value is -6.30. The van der Waals surface area contributed by atoms with Crippen LogP contribution < -0.4 is 5.73 Å². The molecule has 7 aromatic carbocycles. The number of anilines is 1. The summed E-state index contributed by atoms with van der Waals surface area (Å²) in [6.07, 6.45) is 5.01. The molecule has 248 valence electrons. The van der Waals surface area contributed by atoms with Gasteiger partial charge in [-0.05, 0) is 46.2 Å². The first kappa shape index (κ1) is 30.5. The molecule has 0 radical (unpaired) electrons. The van der Waals surface area contributed by atoms with E-state index in [-0.39, 0.29) is 0 Å². The van der Waals surface area contributed by atoms with Crippen LogP contribution in [0.1, 0.15) is 30.0 Å². The second-order valence-electron chi connectivity index (χ2n) is 13.7. The minimum Gasteiger partial charge on any atom is -0.398 e. The number of aliphatic imine (C=N–C) groups is 2. The Balaban J connectivity index is 1.33. The minimum absolute atomic E-state index is 0.427. The number of rotatable bonds is 5. The van der Waals surface area contributed by atoms with Crippen LogP contribution in [0.5, 0.6) is 0 Å². The van der Waals surface area contributed by atoms with Crippen LogP contribution in [0.25, 0.3) is 69.3 Å². The van der Waals surface area contributed by atoms with Gasteiger partial charge in [-0.3, -0.25) is 9.56 Å². The molecule has 4 nitrogen and oxygen atoms in total. The molecule has 2 N–H and O–H groups in total.